The second-order valence-corrected chi connectivity index (χ2v) is 7.05. The van der Waals surface area contributed by atoms with E-state index in [0.717, 1.165) is 10.9 Å². The number of para-hydroxylation sites is 1. The van der Waals surface area contributed by atoms with Gasteiger partial charge in [-0.2, -0.15) is 0 Å². The van der Waals surface area contributed by atoms with Crippen molar-refractivity contribution in [3.8, 4) is 0 Å². The quantitative estimate of drug-likeness (QED) is 0.378. The Hall–Kier alpha value is -2.15. The number of benzene rings is 2. The first-order chi connectivity index (χ1) is 12.1. The average molecular weight is 389 g/mol. The summed E-state index contributed by atoms with van der Waals surface area (Å²) >= 11 is 13.2. The lowest BCUT2D eigenvalue weighted by Gasteiger charge is -2.02. The average Bonchev–Trinajstić information content (AvgIpc) is 3.03. The number of fused-ring (bicyclic) bond motifs is 3. The molecule has 0 aliphatic carbocycles. The van der Waals surface area contributed by atoms with E-state index in [9.17, 15) is 4.79 Å². The van der Waals surface area contributed by atoms with Crippen LogP contribution in [0.15, 0.2) is 53.9 Å². The van der Waals surface area contributed by atoms with Gasteiger partial charge in [-0.15, -0.1) is 5.10 Å². The number of carbonyl (C=O) groups is 1. The van der Waals surface area contributed by atoms with E-state index in [1.54, 1.807) is 29.0 Å². The fraction of sp³-hybridized carbons (Fsp3) is 0.0588. The Kier molecular flexibility index (Phi) is 4.33. The molecule has 0 unspecified atom stereocenters. The van der Waals surface area contributed by atoms with Crippen LogP contribution in [0.1, 0.15) is 10.4 Å². The maximum atomic E-state index is 12.4. The summed E-state index contributed by atoms with van der Waals surface area (Å²) in [7, 11) is 0. The van der Waals surface area contributed by atoms with Gasteiger partial charge in [-0.3, -0.25) is 4.79 Å². The highest BCUT2D eigenvalue weighted by Gasteiger charge is 2.14. The molecule has 0 bridgehead atoms. The fourth-order valence-electron chi connectivity index (χ4n) is 2.44. The van der Waals surface area contributed by atoms with Crippen molar-refractivity contribution >= 4 is 57.3 Å². The van der Waals surface area contributed by atoms with Crippen molar-refractivity contribution < 1.29 is 4.79 Å². The highest BCUT2D eigenvalue weighted by atomic mass is 35.5. The second kappa shape index (κ2) is 6.63. The van der Waals surface area contributed by atoms with Crippen LogP contribution < -0.4 is 0 Å². The molecule has 5 nitrogen and oxygen atoms in total. The third-order valence-corrected chi connectivity index (χ3v) is 5.01. The molecule has 0 radical (unpaired) electrons. The lowest BCUT2D eigenvalue weighted by atomic mass is 10.1. The van der Waals surface area contributed by atoms with Crippen LogP contribution in [0.4, 0.5) is 0 Å². The summed E-state index contributed by atoms with van der Waals surface area (Å²) in [4.78, 5) is 21.2. The predicted octanol–water partition coefficient (Wildman–Crippen LogP) is 4.56. The van der Waals surface area contributed by atoms with E-state index in [0.29, 0.717) is 26.4 Å². The van der Waals surface area contributed by atoms with E-state index in [1.165, 1.54) is 11.8 Å². The van der Waals surface area contributed by atoms with E-state index in [4.69, 9.17) is 23.2 Å². The maximum absolute atomic E-state index is 12.4. The lowest BCUT2D eigenvalue weighted by Crippen LogP contribution is -2.03. The van der Waals surface area contributed by atoms with Crippen LogP contribution in [-0.2, 0) is 0 Å². The Morgan fingerprint density at radius 3 is 2.84 bits per heavy atom. The van der Waals surface area contributed by atoms with Gasteiger partial charge in [-0.05, 0) is 30.3 Å². The largest absolute Gasteiger partial charge is 0.293 e. The van der Waals surface area contributed by atoms with Crippen LogP contribution in [-0.4, -0.2) is 31.1 Å². The minimum absolute atomic E-state index is 0.103. The summed E-state index contributed by atoms with van der Waals surface area (Å²) in [6.45, 7) is 0. The lowest BCUT2D eigenvalue weighted by molar-refractivity contribution is 0.102. The number of ketones is 1. The molecule has 0 saturated heterocycles. The normalized spacial score (nSPS) is 11.3. The van der Waals surface area contributed by atoms with Gasteiger partial charge in [0.05, 0.1) is 16.3 Å². The first-order valence-electron chi connectivity index (χ1n) is 7.33. The molecular formula is C17H10Cl2N4OS. The highest BCUT2D eigenvalue weighted by Crippen LogP contribution is 2.24. The molecule has 2 heterocycles. The van der Waals surface area contributed by atoms with Crippen molar-refractivity contribution in [2.24, 2.45) is 0 Å². The summed E-state index contributed by atoms with van der Waals surface area (Å²) in [6.07, 6.45) is 1.62. The van der Waals surface area contributed by atoms with E-state index >= 15 is 0 Å². The Morgan fingerprint density at radius 2 is 2.00 bits per heavy atom. The first-order valence-corrected chi connectivity index (χ1v) is 9.07. The van der Waals surface area contributed by atoms with Crippen LogP contribution >= 0.6 is 35.0 Å². The molecule has 2 aromatic heterocycles. The number of carbonyl (C=O) groups excluding carboxylic acids is 1. The van der Waals surface area contributed by atoms with Crippen LogP contribution in [0.5, 0.6) is 0 Å². The predicted molar refractivity (Wildman–Crippen MR) is 99.8 cm³/mol. The van der Waals surface area contributed by atoms with Crippen molar-refractivity contribution in [2.45, 2.75) is 5.16 Å². The standard InChI is InChI=1S/C17H10Cl2N4OS/c18-10-5-6-11(13(19)7-10)15(24)8-25-17-21-16-12-3-1-2-4-14(12)20-9-23(16)22-17/h1-7,9H,8H2. The van der Waals surface area contributed by atoms with Gasteiger partial charge in [-0.1, -0.05) is 47.1 Å². The van der Waals surface area contributed by atoms with Gasteiger partial charge in [0.2, 0.25) is 5.16 Å². The van der Waals surface area contributed by atoms with Gasteiger partial charge in [0.1, 0.15) is 6.33 Å². The molecule has 2 aromatic carbocycles. The number of halogens is 2. The van der Waals surface area contributed by atoms with Crippen LogP contribution in [0.25, 0.3) is 16.6 Å². The van der Waals surface area contributed by atoms with Gasteiger partial charge in [-0.25, -0.2) is 14.5 Å². The molecule has 124 valence electrons. The molecule has 0 atom stereocenters. The van der Waals surface area contributed by atoms with Crippen molar-refractivity contribution in [3.63, 3.8) is 0 Å². The van der Waals surface area contributed by atoms with Crippen molar-refractivity contribution in [1.82, 2.24) is 19.6 Å². The summed E-state index contributed by atoms with van der Waals surface area (Å²) < 4.78 is 1.62. The zero-order valence-electron chi connectivity index (χ0n) is 12.7. The molecule has 0 aliphatic rings. The molecule has 0 fully saturated rings. The molecule has 0 spiro atoms. The van der Waals surface area contributed by atoms with E-state index in [-0.39, 0.29) is 11.5 Å². The van der Waals surface area contributed by atoms with E-state index in [2.05, 4.69) is 15.1 Å². The minimum Gasteiger partial charge on any atom is -0.293 e. The smallest absolute Gasteiger partial charge is 0.209 e. The van der Waals surface area contributed by atoms with E-state index < -0.39 is 0 Å². The van der Waals surface area contributed by atoms with Crippen LogP contribution in [0.2, 0.25) is 10.0 Å². The molecule has 0 N–H and O–H groups in total. The van der Waals surface area contributed by atoms with Crippen LogP contribution in [0.3, 0.4) is 0 Å². The third kappa shape index (κ3) is 3.20. The maximum Gasteiger partial charge on any atom is 0.209 e. The second-order valence-electron chi connectivity index (χ2n) is 5.26. The SMILES string of the molecule is O=C(CSc1nc2c3ccccc3ncn2n1)c1ccc(Cl)cc1Cl. The number of rotatable bonds is 4. The molecule has 8 heteroatoms. The zero-order chi connectivity index (χ0) is 17.4. The third-order valence-electron chi connectivity index (χ3n) is 3.63. The molecule has 0 saturated carbocycles. The summed E-state index contributed by atoms with van der Waals surface area (Å²) in [5.74, 6) is 0.0809. The zero-order valence-corrected chi connectivity index (χ0v) is 15.0. The summed E-state index contributed by atoms with van der Waals surface area (Å²) in [6, 6.07) is 12.5. The Morgan fingerprint density at radius 1 is 1.16 bits per heavy atom. The van der Waals surface area contributed by atoms with Crippen molar-refractivity contribution in [1.29, 1.82) is 0 Å². The van der Waals surface area contributed by atoms with Gasteiger partial charge >= 0.3 is 0 Å². The number of hydrogen-bond donors (Lipinski definition) is 0. The highest BCUT2D eigenvalue weighted by molar-refractivity contribution is 7.99. The molecule has 0 amide bonds. The van der Waals surface area contributed by atoms with Gasteiger partial charge < -0.3 is 0 Å². The van der Waals surface area contributed by atoms with Gasteiger partial charge in [0.15, 0.2) is 11.4 Å². The Balaban J connectivity index is 1.58. The monoisotopic (exact) mass is 388 g/mol. The molecular weight excluding hydrogens is 379 g/mol. The number of nitrogens with zero attached hydrogens (tertiary/aromatic N) is 4. The summed E-state index contributed by atoms with van der Waals surface area (Å²) in [5.41, 5.74) is 2.00. The van der Waals surface area contributed by atoms with Gasteiger partial charge in [0.25, 0.3) is 0 Å². The number of thioether (sulfide) groups is 1. The fourth-order valence-corrected chi connectivity index (χ4v) is 3.67. The number of hydrogen-bond acceptors (Lipinski definition) is 5. The Bertz CT molecular complexity index is 1110. The molecule has 4 aromatic rings. The number of aromatic nitrogens is 4. The van der Waals surface area contributed by atoms with E-state index in [1.807, 2.05) is 24.3 Å². The van der Waals surface area contributed by atoms with Gasteiger partial charge in [0, 0.05) is 16.0 Å². The topological polar surface area (TPSA) is 60.2 Å². The minimum atomic E-state index is -0.103. The van der Waals surface area contributed by atoms with Crippen molar-refractivity contribution in [2.75, 3.05) is 5.75 Å². The number of Topliss-reactive ketones (excluding diaryl/α,β-unsaturated/α-hetero) is 1. The molecule has 4 rings (SSSR count). The molecule has 25 heavy (non-hydrogen) atoms. The van der Waals surface area contributed by atoms with Crippen molar-refractivity contribution in [3.05, 3.63) is 64.4 Å². The molecule has 0 aliphatic heterocycles. The van der Waals surface area contributed by atoms with Crippen LogP contribution in [0, 0.1) is 0 Å². The Labute approximate surface area is 157 Å². The first kappa shape index (κ1) is 16.3. The summed E-state index contributed by atoms with van der Waals surface area (Å²) in [5, 5.41) is 6.63.